The van der Waals surface area contributed by atoms with Gasteiger partial charge in [0.2, 0.25) is 5.91 Å². The third-order valence-corrected chi connectivity index (χ3v) is 2.27. The van der Waals surface area contributed by atoms with Crippen molar-refractivity contribution in [2.24, 2.45) is 0 Å². The molecule has 0 aliphatic heterocycles. The molecule has 4 nitrogen and oxygen atoms in total. The van der Waals surface area contributed by atoms with E-state index in [-0.39, 0.29) is 5.91 Å². The molecular weight excluding hydrogens is 188 g/mol. The first-order valence-corrected chi connectivity index (χ1v) is 4.81. The highest BCUT2D eigenvalue weighted by Gasteiger charge is 2.03. The van der Waals surface area contributed by atoms with E-state index < -0.39 is 0 Å². The van der Waals surface area contributed by atoms with Gasteiger partial charge in [-0.3, -0.25) is 4.79 Å². The molecule has 0 unspecified atom stereocenters. The van der Waals surface area contributed by atoms with Crippen molar-refractivity contribution in [1.82, 2.24) is 4.98 Å². The number of carbonyl (C=O) groups is 1. The Morgan fingerprint density at radius 2 is 2.54 bits per heavy atom. The van der Waals surface area contributed by atoms with Crippen LogP contribution in [0.4, 0.5) is 5.13 Å². The van der Waals surface area contributed by atoms with Gasteiger partial charge in [0.1, 0.15) is 0 Å². The van der Waals surface area contributed by atoms with Crippen LogP contribution in [0.3, 0.4) is 0 Å². The summed E-state index contributed by atoms with van der Waals surface area (Å²) in [7, 11) is 1.57. The number of thiazole rings is 1. The molecule has 0 aromatic carbocycles. The molecule has 1 N–H and O–H groups in total. The molecule has 0 aliphatic rings. The van der Waals surface area contributed by atoms with Crippen LogP contribution in [-0.2, 0) is 9.53 Å². The van der Waals surface area contributed by atoms with Crippen molar-refractivity contribution >= 4 is 22.4 Å². The predicted molar refractivity (Wildman–Crippen MR) is 52.0 cm³/mol. The Morgan fingerprint density at radius 3 is 3.08 bits per heavy atom. The molecule has 0 aliphatic carbocycles. The zero-order chi connectivity index (χ0) is 9.68. The summed E-state index contributed by atoms with van der Waals surface area (Å²) in [5, 5.41) is 5.23. The highest BCUT2D eigenvalue weighted by molar-refractivity contribution is 7.13. The Balaban J connectivity index is 2.36. The molecule has 1 aromatic rings. The number of ether oxygens (including phenoxy) is 1. The largest absolute Gasteiger partial charge is 0.384 e. The summed E-state index contributed by atoms with van der Waals surface area (Å²) in [6.45, 7) is 2.33. The number of aromatic nitrogens is 1. The fraction of sp³-hybridized carbons (Fsp3) is 0.500. The number of hydrogen-bond donors (Lipinski definition) is 1. The number of hydrogen-bond acceptors (Lipinski definition) is 4. The average molecular weight is 200 g/mol. The summed E-state index contributed by atoms with van der Waals surface area (Å²) in [5.74, 6) is -0.0591. The van der Waals surface area contributed by atoms with E-state index >= 15 is 0 Å². The molecule has 1 rings (SSSR count). The lowest BCUT2D eigenvalue weighted by Crippen LogP contribution is -2.13. The Bertz CT molecular complexity index is 285. The maximum absolute atomic E-state index is 11.2. The minimum Gasteiger partial charge on any atom is -0.384 e. The standard InChI is InChI=1S/C8H12N2O2S/c1-6-5-13-8(9-6)10-7(11)3-4-12-2/h5H,3-4H2,1-2H3,(H,9,10,11). The number of nitrogens with zero attached hydrogens (tertiary/aromatic N) is 1. The van der Waals surface area contributed by atoms with Crippen molar-refractivity contribution < 1.29 is 9.53 Å². The van der Waals surface area contributed by atoms with Crippen molar-refractivity contribution in [1.29, 1.82) is 0 Å². The summed E-state index contributed by atoms with van der Waals surface area (Å²) < 4.78 is 4.78. The molecule has 13 heavy (non-hydrogen) atoms. The predicted octanol–water partition coefficient (Wildman–Crippen LogP) is 1.43. The lowest BCUT2D eigenvalue weighted by Gasteiger charge is -1.99. The van der Waals surface area contributed by atoms with Gasteiger partial charge in [-0.1, -0.05) is 0 Å². The first-order valence-electron chi connectivity index (χ1n) is 3.93. The number of methoxy groups -OCH3 is 1. The average Bonchev–Trinajstić information content (AvgIpc) is 2.48. The van der Waals surface area contributed by atoms with E-state index in [1.807, 2.05) is 12.3 Å². The van der Waals surface area contributed by atoms with Gasteiger partial charge < -0.3 is 10.1 Å². The van der Waals surface area contributed by atoms with Crippen molar-refractivity contribution in [3.8, 4) is 0 Å². The topological polar surface area (TPSA) is 51.2 Å². The van der Waals surface area contributed by atoms with Crippen LogP contribution in [0.5, 0.6) is 0 Å². The van der Waals surface area contributed by atoms with E-state index in [1.54, 1.807) is 7.11 Å². The second kappa shape index (κ2) is 4.94. The van der Waals surface area contributed by atoms with Crippen molar-refractivity contribution in [3.63, 3.8) is 0 Å². The Morgan fingerprint density at radius 1 is 1.77 bits per heavy atom. The zero-order valence-corrected chi connectivity index (χ0v) is 8.48. The molecule has 0 spiro atoms. The van der Waals surface area contributed by atoms with Gasteiger partial charge in [0, 0.05) is 12.5 Å². The molecule has 1 heterocycles. The van der Waals surface area contributed by atoms with E-state index in [9.17, 15) is 4.79 Å². The number of amides is 1. The molecule has 72 valence electrons. The maximum atomic E-state index is 11.2. The van der Waals surface area contributed by atoms with E-state index in [4.69, 9.17) is 4.74 Å². The van der Waals surface area contributed by atoms with Gasteiger partial charge in [-0.2, -0.15) is 0 Å². The van der Waals surface area contributed by atoms with Crippen LogP contribution in [0.1, 0.15) is 12.1 Å². The zero-order valence-electron chi connectivity index (χ0n) is 7.66. The minimum atomic E-state index is -0.0591. The van der Waals surface area contributed by atoms with Crippen LogP contribution >= 0.6 is 11.3 Å². The summed E-state index contributed by atoms with van der Waals surface area (Å²) in [6, 6.07) is 0. The van der Waals surface area contributed by atoms with Gasteiger partial charge >= 0.3 is 0 Å². The first-order chi connectivity index (χ1) is 6.22. The summed E-state index contributed by atoms with van der Waals surface area (Å²) in [4.78, 5) is 15.3. The quantitative estimate of drug-likeness (QED) is 0.799. The Labute approximate surface area is 80.9 Å². The molecule has 0 saturated heterocycles. The fourth-order valence-electron chi connectivity index (χ4n) is 0.788. The smallest absolute Gasteiger partial charge is 0.228 e. The highest BCUT2D eigenvalue weighted by atomic mass is 32.1. The van der Waals surface area contributed by atoms with Crippen LogP contribution < -0.4 is 5.32 Å². The molecule has 0 radical (unpaired) electrons. The highest BCUT2D eigenvalue weighted by Crippen LogP contribution is 2.14. The van der Waals surface area contributed by atoms with Crippen molar-refractivity contribution in [2.45, 2.75) is 13.3 Å². The number of anilines is 1. The second-order valence-electron chi connectivity index (χ2n) is 2.59. The van der Waals surface area contributed by atoms with Crippen LogP contribution in [0.25, 0.3) is 0 Å². The molecule has 0 saturated carbocycles. The number of aryl methyl sites for hydroxylation is 1. The first kappa shape index (κ1) is 10.1. The van der Waals surface area contributed by atoms with Crippen LogP contribution in [0, 0.1) is 6.92 Å². The normalized spacial score (nSPS) is 10.0. The fourth-order valence-corrected chi connectivity index (χ4v) is 1.49. The van der Waals surface area contributed by atoms with Gasteiger partial charge in [-0.25, -0.2) is 4.98 Å². The molecule has 1 aromatic heterocycles. The van der Waals surface area contributed by atoms with Crippen molar-refractivity contribution in [2.75, 3.05) is 19.0 Å². The molecule has 0 fully saturated rings. The summed E-state index contributed by atoms with van der Waals surface area (Å²) in [5.41, 5.74) is 0.923. The van der Waals surface area contributed by atoms with Crippen LogP contribution in [-0.4, -0.2) is 24.6 Å². The van der Waals surface area contributed by atoms with E-state index in [2.05, 4.69) is 10.3 Å². The van der Waals surface area contributed by atoms with E-state index in [1.165, 1.54) is 11.3 Å². The third kappa shape index (κ3) is 3.52. The van der Waals surface area contributed by atoms with E-state index in [0.717, 1.165) is 5.69 Å². The third-order valence-electron chi connectivity index (χ3n) is 1.40. The monoisotopic (exact) mass is 200 g/mol. The molecule has 1 amide bonds. The van der Waals surface area contributed by atoms with Gasteiger partial charge in [0.25, 0.3) is 0 Å². The lowest BCUT2D eigenvalue weighted by atomic mass is 10.4. The number of rotatable bonds is 4. The van der Waals surface area contributed by atoms with Crippen LogP contribution in [0.2, 0.25) is 0 Å². The Kier molecular flexibility index (Phi) is 3.85. The molecule has 0 bridgehead atoms. The minimum absolute atomic E-state index is 0.0591. The molecule has 0 atom stereocenters. The lowest BCUT2D eigenvalue weighted by molar-refractivity contribution is -0.117. The van der Waals surface area contributed by atoms with E-state index in [0.29, 0.717) is 18.2 Å². The SMILES string of the molecule is COCCC(=O)Nc1nc(C)cs1. The number of nitrogens with one attached hydrogen (secondary N) is 1. The van der Waals surface area contributed by atoms with Crippen LogP contribution in [0.15, 0.2) is 5.38 Å². The number of carbonyl (C=O) groups excluding carboxylic acids is 1. The summed E-state index contributed by atoms with van der Waals surface area (Å²) in [6.07, 6.45) is 0.370. The van der Waals surface area contributed by atoms with Gasteiger partial charge in [-0.15, -0.1) is 11.3 Å². The Hall–Kier alpha value is -0.940. The second-order valence-corrected chi connectivity index (χ2v) is 3.44. The van der Waals surface area contributed by atoms with Crippen molar-refractivity contribution in [3.05, 3.63) is 11.1 Å². The molecule has 5 heteroatoms. The molecular formula is C8H12N2O2S. The van der Waals surface area contributed by atoms with Gasteiger partial charge in [-0.05, 0) is 6.92 Å². The van der Waals surface area contributed by atoms with Gasteiger partial charge in [0.05, 0.1) is 18.7 Å². The summed E-state index contributed by atoms with van der Waals surface area (Å²) >= 11 is 1.43. The van der Waals surface area contributed by atoms with Gasteiger partial charge in [0.15, 0.2) is 5.13 Å². The maximum Gasteiger partial charge on any atom is 0.228 e.